The van der Waals surface area contributed by atoms with Crippen LogP contribution in [0, 0.1) is 0 Å². The molecule has 1 aliphatic rings. The highest BCUT2D eigenvalue weighted by molar-refractivity contribution is 6.30. The molecule has 2 aromatic carbocycles. The Morgan fingerprint density at radius 2 is 1.83 bits per heavy atom. The molecule has 8 heteroatoms. The number of carbonyl (C=O) groups is 1. The molecule has 4 N–H and O–H groups in total. The lowest BCUT2D eigenvalue weighted by molar-refractivity contribution is -0.118. The molecule has 2 heterocycles. The van der Waals surface area contributed by atoms with Gasteiger partial charge in [-0.3, -0.25) is 4.79 Å². The fourth-order valence-electron chi connectivity index (χ4n) is 3.65. The average molecular weight is 394 g/mol. The summed E-state index contributed by atoms with van der Waals surface area (Å²) in [5.41, 5.74) is 7.49. The summed E-state index contributed by atoms with van der Waals surface area (Å²) in [5, 5.41) is 10.2. The van der Waals surface area contributed by atoms with Crippen LogP contribution in [0.2, 0.25) is 0 Å². The van der Waals surface area contributed by atoms with Crippen LogP contribution in [-0.4, -0.2) is 47.2 Å². The van der Waals surface area contributed by atoms with Gasteiger partial charge < -0.3 is 30.2 Å². The van der Waals surface area contributed by atoms with Crippen molar-refractivity contribution in [3.8, 4) is 11.5 Å². The Kier molecular flexibility index (Phi) is 4.43. The lowest BCUT2D eigenvalue weighted by atomic mass is 9.94. The molecule has 150 valence electrons. The number of hydrogen-bond acceptors (Lipinski definition) is 7. The maximum Gasteiger partial charge on any atom is 0.198 e. The molecular weight excluding hydrogens is 372 g/mol. The van der Waals surface area contributed by atoms with Gasteiger partial charge in [0, 0.05) is 18.2 Å². The van der Waals surface area contributed by atoms with Gasteiger partial charge in [-0.15, -0.1) is 0 Å². The number of nitrogens with one attached hydrogen (secondary N) is 1. The Hall–Kier alpha value is -3.52. The van der Waals surface area contributed by atoms with Crippen LogP contribution in [0.15, 0.2) is 48.3 Å². The molecule has 4 rings (SSSR count). The van der Waals surface area contributed by atoms with E-state index in [4.69, 9.17) is 15.2 Å². The summed E-state index contributed by atoms with van der Waals surface area (Å²) in [6.45, 7) is 1.21. The number of imidazole rings is 1. The van der Waals surface area contributed by atoms with Crippen LogP contribution in [0.4, 0.5) is 5.69 Å². The number of fused-ring (bicyclic) bond motifs is 1. The third-order valence-corrected chi connectivity index (χ3v) is 5.24. The number of benzene rings is 2. The molecule has 8 nitrogen and oxygen atoms in total. The number of aliphatic hydroxyl groups excluding tert-OH is 1. The summed E-state index contributed by atoms with van der Waals surface area (Å²) in [6, 6.07) is 12.7. The molecule has 29 heavy (non-hydrogen) atoms. The molecule has 0 fully saturated rings. The van der Waals surface area contributed by atoms with Gasteiger partial charge in [-0.05, 0) is 19.1 Å². The lowest BCUT2D eigenvalue weighted by Crippen LogP contribution is -2.51. The molecule has 0 saturated heterocycles. The average Bonchev–Trinajstić information content (AvgIpc) is 3.24. The second-order valence-corrected chi connectivity index (χ2v) is 7.03. The van der Waals surface area contributed by atoms with E-state index in [0.717, 1.165) is 11.0 Å². The standard InChI is InChI=1S/C21H22N4O4/c1-21(11-26)18(27)17(20-23-15-6-4-5-7-16(15)24-20)19(22)25(21)12-8-13(28-2)10-14(9-12)29-3/h4-10,26H,11,22H2,1-3H3,(H,23,24). The molecule has 0 radical (unpaired) electrons. The Labute approximate surface area is 167 Å². The first kappa shape index (κ1) is 18.8. The van der Waals surface area contributed by atoms with Gasteiger partial charge in [0.05, 0.1) is 37.5 Å². The van der Waals surface area contributed by atoms with Crippen LogP contribution in [0.5, 0.6) is 11.5 Å². The van der Waals surface area contributed by atoms with Crippen LogP contribution >= 0.6 is 0 Å². The SMILES string of the molecule is COc1cc(OC)cc(N2C(N)=C(c3nc4ccccc4[nH]3)C(=O)C2(C)CO)c1. The molecule has 1 atom stereocenters. The molecule has 1 aromatic heterocycles. The van der Waals surface area contributed by atoms with Gasteiger partial charge >= 0.3 is 0 Å². The zero-order chi connectivity index (χ0) is 20.8. The van der Waals surface area contributed by atoms with Gasteiger partial charge in [-0.1, -0.05) is 12.1 Å². The Balaban J connectivity index is 1.91. The fraction of sp³-hybridized carbons (Fsp3) is 0.238. The number of anilines is 1. The molecule has 3 aromatic rings. The summed E-state index contributed by atoms with van der Waals surface area (Å²) < 4.78 is 10.7. The minimum Gasteiger partial charge on any atom is -0.497 e. The highest BCUT2D eigenvalue weighted by Crippen LogP contribution is 2.42. The third kappa shape index (κ3) is 2.80. The highest BCUT2D eigenvalue weighted by atomic mass is 16.5. The van der Waals surface area contributed by atoms with Crippen molar-refractivity contribution in [1.29, 1.82) is 0 Å². The van der Waals surface area contributed by atoms with E-state index in [0.29, 0.717) is 23.0 Å². The second kappa shape index (κ2) is 6.82. The van der Waals surface area contributed by atoms with Crippen molar-refractivity contribution in [3.63, 3.8) is 0 Å². The van der Waals surface area contributed by atoms with Crippen LogP contribution in [0.1, 0.15) is 12.7 Å². The first-order chi connectivity index (χ1) is 13.9. The van der Waals surface area contributed by atoms with E-state index < -0.39 is 12.1 Å². The number of ketones is 1. The van der Waals surface area contributed by atoms with Gasteiger partial charge in [0.25, 0.3) is 0 Å². The number of ether oxygens (including phenoxy) is 2. The largest absolute Gasteiger partial charge is 0.497 e. The van der Waals surface area contributed by atoms with Crippen molar-refractivity contribution < 1.29 is 19.4 Å². The zero-order valence-electron chi connectivity index (χ0n) is 16.4. The van der Waals surface area contributed by atoms with Crippen molar-refractivity contribution in [2.45, 2.75) is 12.5 Å². The van der Waals surface area contributed by atoms with E-state index in [9.17, 15) is 9.90 Å². The fourth-order valence-corrected chi connectivity index (χ4v) is 3.65. The summed E-state index contributed by atoms with van der Waals surface area (Å²) >= 11 is 0. The lowest BCUT2D eigenvalue weighted by Gasteiger charge is -2.35. The number of rotatable bonds is 5. The predicted molar refractivity (Wildman–Crippen MR) is 110 cm³/mol. The Morgan fingerprint density at radius 3 is 2.41 bits per heavy atom. The zero-order valence-corrected chi connectivity index (χ0v) is 16.4. The Morgan fingerprint density at radius 1 is 1.17 bits per heavy atom. The van der Waals surface area contributed by atoms with Gasteiger partial charge in [0.2, 0.25) is 0 Å². The minimum absolute atomic E-state index is 0.195. The molecule has 1 aliphatic heterocycles. The first-order valence-corrected chi connectivity index (χ1v) is 9.06. The number of nitrogens with two attached hydrogens (primary N) is 1. The second-order valence-electron chi connectivity index (χ2n) is 7.03. The Bertz CT molecular complexity index is 1080. The van der Waals surface area contributed by atoms with E-state index >= 15 is 0 Å². The summed E-state index contributed by atoms with van der Waals surface area (Å²) in [7, 11) is 3.08. The number of aliphatic hydroxyl groups is 1. The van der Waals surface area contributed by atoms with Crippen molar-refractivity contribution >= 4 is 28.1 Å². The molecular formula is C21H22N4O4. The van der Waals surface area contributed by atoms with Crippen LogP contribution in [0.3, 0.4) is 0 Å². The first-order valence-electron chi connectivity index (χ1n) is 9.06. The molecule has 0 bridgehead atoms. The third-order valence-electron chi connectivity index (χ3n) is 5.24. The van der Waals surface area contributed by atoms with E-state index in [1.54, 1.807) is 30.0 Å². The van der Waals surface area contributed by atoms with E-state index in [-0.39, 0.29) is 17.2 Å². The predicted octanol–water partition coefficient (Wildman–Crippen LogP) is 2.05. The highest BCUT2D eigenvalue weighted by Gasteiger charge is 2.50. The minimum atomic E-state index is -1.30. The molecule has 0 amide bonds. The number of aromatic amines is 1. The quantitative estimate of drug-likeness (QED) is 0.607. The number of hydrogen-bond donors (Lipinski definition) is 3. The van der Waals surface area contributed by atoms with E-state index in [1.165, 1.54) is 14.2 Å². The van der Waals surface area contributed by atoms with E-state index in [1.807, 2.05) is 24.3 Å². The number of aromatic nitrogens is 2. The summed E-state index contributed by atoms with van der Waals surface area (Å²) in [4.78, 5) is 22.6. The monoisotopic (exact) mass is 394 g/mol. The topological polar surface area (TPSA) is 114 Å². The van der Waals surface area contributed by atoms with Gasteiger partial charge in [0.15, 0.2) is 5.78 Å². The summed E-state index contributed by atoms with van der Waals surface area (Å²) in [5.74, 6) is 1.32. The number of nitrogens with zero attached hydrogens (tertiary/aromatic N) is 2. The van der Waals surface area contributed by atoms with E-state index in [2.05, 4.69) is 9.97 Å². The van der Waals surface area contributed by atoms with Crippen LogP contribution in [-0.2, 0) is 4.79 Å². The number of para-hydroxylation sites is 2. The number of carbonyl (C=O) groups excluding carboxylic acids is 1. The van der Waals surface area contributed by atoms with Gasteiger partial charge in [-0.2, -0.15) is 0 Å². The molecule has 0 spiro atoms. The molecule has 0 aliphatic carbocycles. The van der Waals surface area contributed by atoms with Gasteiger partial charge in [0.1, 0.15) is 34.3 Å². The normalized spacial score (nSPS) is 19.3. The van der Waals surface area contributed by atoms with Crippen molar-refractivity contribution in [3.05, 3.63) is 54.1 Å². The van der Waals surface area contributed by atoms with Gasteiger partial charge in [-0.25, -0.2) is 4.98 Å². The molecule has 1 unspecified atom stereocenters. The van der Waals surface area contributed by atoms with Crippen LogP contribution in [0.25, 0.3) is 16.6 Å². The number of methoxy groups -OCH3 is 2. The smallest absolute Gasteiger partial charge is 0.198 e. The van der Waals surface area contributed by atoms with Crippen molar-refractivity contribution in [2.75, 3.05) is 25.7 Å². The molecule has 0 saturated carbocycles. The summed E-state index contributed by atoms with van der Waals surface area (Å²) in [6.07, 6.45) is 0. The maximum atomic E-state index is 13.4. The number of Topliss-reactive ketones (excluding diaryl/α,β-unsaturated/α-hetero) is 1. The number of H-pyrrole nitrogens is 1. The van der Waals surface area contributed by atoms with Crippen molar-refractivity contribution in [2.24, 2.45) is 5.73 Å². The maximum absolute atomic E-state index is 13.4. The van der Waals surface area contributed by atoms with Crippen molar-refractivity contribution in [1.82, 2.24) is 9.97 Å². The van der Waals surface area contributed by atoms with Crippen LogP contribution < -0.4 is 20.1 Å².